The van der Waals surface area contributed by atoms with Crippen LogP contribution in [0.2, 0.25) is 0 Å². The predicted molar refractivity (Wildman–Crippen MR) is 87.6 cm³/mol. The van der Waals surface area contributed by atoms with Gasteiger partial charge in [-0.05, 0) is 38.3 Å². The molecule has 0 amide bonds. The van der Waals surface area contributed by atoms with Gasteiger partial charge in [-0.1, -0.05) is 13.0 Å². The number of anilines is 1. The monoisotopic (exact) mass is 288 g/mol. The fraction of sp³-hybridized carbons (Fsp3) is 0.706. The molecule has 1 N–H and O–H groups in total. The van der Waals surface area contributed by atoms with Gasteiger partial charge in [0.1, 0.15) is 5.82 Å². The van der Waals surface area contributed by atoms with Crippen molar-refractivity contribution in [2.45, 2.75) is 51.2 Å². The van der Waals surface area contributed by atoms with Crippen molar-refractivity contribution < 1.29 is 0 Å². The molecule has 2 aliphatic rings. The minimum absolute atomic E-state index is 0.627. The first-order chi connectivity index (χ1) is 10.3. The molecule has 0 bridgehead atoms. The van der Waals surface area contributed by atoms with E-state index in [0.29, 0.717) is 6.04 Å². The highest BCUT2D eigenvalue weighted by atomic mass is 15.2. The molecular weight excluding hydrogens is 260 g/mol. The van der Waals surface area contributed by atoms with Gasteiger partial charge in [-0.15, -0.1) is 0 Å². The van der Waals surface area contributed by atoms with Crippen molar-refractivity contribution in [1.82, 2.24) is 15.2 Å². The summed E-state index contributed by atoms with van der Waals surface area (Å²) in [5.74, 6) is 1.17. The Bertz CT molecular complexity index is 450. The second kappa shape index (κ2) is 6.75. The van der Waals surface area contributed by atoms with Gasteiger partial charge in [0.25, 0.3) is 0 Å². The molecule has 1 aromatic heterocycles. The Labute approximate surface area is 128 Å². The largest absolute Gasteiger partial charge is 0.356 e. The summed E-state index contributed by atoms with van der Waals surface area (Å²) in [5, 5.41) is 3.61. The Balaban J connectivity index is 1.64. The molecule has 0 spiro atoms. The second-order valence-corrected chi connectivity index (χ2v) is 6.42. The van der Waals surface area contributed by atoms with Crippen LogP contribution in [0.1, 0.15) is 38.2 Å². The normalized spacial score (nSPS) is 20.7. The van der Waals surface area contributed by atoms with E-state index < -0.39 is 0 Å². The molecular formula is C17H28N4. The Kier molecular flexibility index (Phi) is 4.76. The standard InChI is InChI=1S/C17H28N4/c1-3-21-11-8-16(9-12-21)20(2)17-14(5-4-10-18-17)13-19-15-6-7-15/h4-5,10,15-16,19H,3,6-9,11-13H2,1-2H3. The van der Waals surface area contributed by atoms with Crippen LogP contribution in [0.15, 0.2) is 18.3 Å². The van der Waals surface area contributed by atoms with Crippen LogP contribution in [-0.4, -0.2) is 48.6 Å². The molecule has 1 aromatic rings. The van der Waals surface area contributed by atoms with Gasteiger partial charge in [0.2, 0.25) is 0 Å². The van der Waals surface area contributed by atoms with Crippen LogP contribution < -0.4 is 10.2 Å². The van der Waals surface area contributed by atoms with Crippen molar-refractivity contribution in [3.8, 4) is 0 Å². The molecule has 1 aliphatic heterocycles. The first-order valence-electron chi connectivity index (χ1n) is 8.40. The van der Waals surface area contributed by atoms with Gasteiger partial charge in [0.15, 0.2) is 0 Å². The van der Waals surface area contributed by atoms with E-state index >= 15 is 0 Å². The maximum atomic E-state index is 4.66. The number of nitrogens with one attached hydrogen (secondary N) is 1. The highest BCUT2D eigenvalue weighted by molar-refractivity contribution is 5.47. The molecule has 3 rings (SSSR count). The fourth-order valence-electron chi connectivity index (χ4n) is 3.22. The molecule has 4 heteroatoms. The van der Waals surface area contributed by atoms with Crippen LogP contribution in [-0.2, 0) is 6.54 Å². The Morgan fingerprint density at radius 1 is 1.29 bits per heavy atom. The van der Waals surface area contributed by atoms with Crippen molar-refractivity contribution in [3.05, 3.63) is 23.9 Å². The first kappa shape index (κ1) is 14.8. The number of hydrogen-bond acceptors (Lipinski definition) is 4. The van der Waals surface area contributed by atoms with Gasteiger partial charge < -0.3 is 15.1 Å². The maximum absolute atomic E-state index is 4.66. The smallest absolute Gasteiger partial charge is 0.133 e. The molecule has 116 valence electrons. The van der Waals surface area contributed by atoms with Crippen LogP contribution in [0, 0.1) is 0 Å². The van der Waals surface area contributed by atoms with E-state index in [1.165, 1.54) is 56.7 Å². The van der Waals surface area contributed by atoms with Crippen molar-refractivity contribution >= 4 is 5.82 Å². The molecule has 0 atom stereocenters. The quantitative estimate of drug-likeness (QED) is 0.870. The summed E-state index contributed by atoms with van der Waals surface area (Å²) in [4.78, 5) is 9.62. The lowest BCUT2D eigenvalue weighted by Gasteiger charge is -2.37. The number of hydrogen-bond donors (Lipinski definition) is 1. The summed E-state index contributed by atoms with van der Waals surface area (Å²) >= 11 is 0. The summed E-state index contributed by atoms with van der Waals surface area (Å²) in [6.45, 7) is 6.81. The number of pyridine rings is 1. The zero-order valence-electron chi connectivity index (χ0n) is 13.4. The fourth-order valence-corrected chi connectivity index (χ4v) is 3.22. The van der Waals surface area contributed by atoms with Crippen molar-refractivity contribution in [3.63, 3.8) is 0 Å². The number of likely N-dealkylation sites (tertiary alicyclic amines) is 1. The molecule has 4 nitrogen and oxygen atoms in total. The van der Waals surface area contributed by atoms with E-state index in [9.17, 15) is 0 Å². The van der Waals surface area contributed by atoms with E-state index in [1.54, 1.807) is 0 Å². The molecule has 2 heterocycles. The lowest BCUT2D eigenvalue weighted by molar-refractivity contribution is 0.220. The second-order valence-electron chi connectivity index (χ2n) is 6.42. The predicted octanol–water partition coefficient (Wildman–Crippen LogP) is 2.25. The van der Waals surface area contributed by atoms with E-state index in [2.05, 4.69) is 46.2 Å². The maximum Gasteiger partial charge on any atom is 0.133 e. The van der Waals surface area contributed by atoms with Gasteiger partial charge in [0.05, 0.1) is 0 Å². The molecule has 1 aliphatic carbocycles. The number of aromatic nitrogens is 1. The summed E-state index contributed by atoms with van der Waals surface area (Å²) in [6.07, 6.45) is 7.09. The third kappa shape index (κ3) is 3.74. The summed E-state index contributed by atoms with van der Waals surface area (Å²) < 4.78 is 0. The van der Waals surface area contributed by atoms with Gasteiger partial charge in [-0.25, -0.2) is 4.98 Å². The summed E-state index contributed by atoms with van der Waals surface area (Å²) in [6, 6.07) is 5.65. The highest BCUT2D eigenvalue weighted by Crippen LogP contribution is 2.25. The molecule has 2 fully saturated rings. The van der Waals surface area contributed by atoms with Crippen LogP contribution in [0.5, 0.6) is 0 Å². The first-order valence-corrected chi connectivity index (χ1v) is 8.40. The van der Waals surface area contributed by atoms with E-state index in [-0.39, 0.29) is 0 Å². The third-order valence-corrected chi connectivity index (χ3v) is 4.91. The lowest BCUT2D eigenvalue weighted by Crippen LogP contribution is -2.44. The molecule has 0 unspecified atom stereocenters. The Hall–Kier alpha value is -1.13. The van der Waals surface area contributed by atoms with E-state index in [1.807, 2.05) is 6.20 Å². The van der Waals surface area contributed by atoms with E-state index in [0.717, 1.165) is 12.6 Å². The minimum Gasteiger partial charge on any atom is -0.356 e. The van der Waals surface area contributed by atoms with Crippen LogP contribution >= 0.6 is 0 Å². The number of piperidine rings is 1. The Morgan fingerprint density at radius 3 is 2.71 bits per heavy atom. The number of rotatable bonds is 6. The highest BCUT2D eigenvalue weighted by Gasteiger charge is 2.25. The van der Waals surface area contributed by atoms with Crippen molar-refractivity contribution in [2.75, 3.05) is 31.6 Å². The topological polar surface area (TPSA) is 31.4 Å². The summed E-state index contributed by atoms with van der Waals surface area (Å²) in [7, 11) is 2.22. The van der Waals surface area contributed by atoms with Crippen molar-refractivity contribution in [2.24, 2.45) is 0 Å². The zero-order chi connectivity index (χ0) is 14.7. The van der Waals surface area contributed by atoms with Gasteiger partial charge >= 0.3 is 0 Å². The van der Waals surface area contributed by atoms with Gasteiger partial charge in [-0.2, -0.15) is 0 Å². The molecule has 1 saturated heterocycles. The third-order valence-electron chi connectivity index (χ3n) is 4.91. The van der Waals surface area contributed by atoms with Crippen LogP contribution in [0.25, 0.3) is 0 Å². The van der Waals surface area contributed by atoms with Crippen LogP contribution in [0.3, 0.4) is 0 Å². The van der Waals surface area contributed by atoms with Gasteiger partial charge in [-0.3, -0.25) is 0 Å². The Morgan fingerprint density at radius 2 is 2.05 bits per heavy atom. The van der Waals surface area contributed by atoms with Gasteiger partial charge in [0, 0.05) is 50.5 Å². The van der Waals surface area contributed by atoms with Crippen molar-refractivity contribution in [1.29, 1.82) is 0 Å². The SMILES string of the molecule is CCN1CCC(N(C)c2ncccc2CNC2CC2)CC1. The molecule has 21 heavy (non-hydrogen) atoms. The summed E-state index contributed by atoms with van der Waals surface area (Å²) in [5.41, 5.74) is 1.34. The number of nitrogens with zero attached hydrogens (tertiary/aromatic N) is 3. The minimum atomic E-state index is 0.627. The molecule has 0 aromatic carbocycles. The van der Waals surface area contributed by atoms with E-state index in [4.69, 9.17) is 0 Å². The average Bonchev–Trinajstić information content (AvgIpc) is 3.37. The molecule has 0 radical (unpaired) electrons. The molecule has 1 saturated carbocycles. The van der Waals surface area contributed by atoms with Crippen LogP contribution in [0.4, 0.5) is 5.82 Å². The lowest BCUT2D eigenvalue weighted by atomic mass is 10.0. The zero-order valence-corrected chi connectivity index (χ0v) is 13.4. The average molecular weight is 288 g/mol.